The smallest absolute Gasteiger partial charge is 0.253 e. The number of carbonyl (C=O) groups is 2. The number of carbonyl (C=O) groups excluding carboxylic acids is 2. The molecule has 4 rings (SSSR count). The van der Waals surface area contributed by atoms with Gasteiger partial charge >= 0.3 is 0 Å². The summed E-state index contributed by atoms with van der Waals surface area (Å²) in [6.07, 6.45) is 0. The van der Waals surface area contributed by atoms with Crippen LogP contribution in [-0.4, -0.2) is 16.7 Å². The van der Waals surface area contributed by atoms with Gasteiger partial charge in [0, 0.05) is 34.5 Å². The molecule has 1 heterocycles. The van der Waals surface area contributed by atoms with Gasteiger partial charge in [0.1, 0.15) is 0 Å². The number of fused-ring (bicyclic) bond motifs is 3. The zero-order chi connectivity index (χ0) is 19.1. The maximum atomic E-state index is 12.6. The molecule has 27 heavy (non-hydrogen) atoms. The van der Waals surface area contributed by atoms with Gasteiger partial charge in [0.05, 0.1) is 0 Å². The Morgan fingerprint density at radius 3 is 2.37 bits per heavy atom. The maximum absolute atomic E-state index is 12.6. The number of aromatic nitrogens is 1. The lowest BCUT2D eigenvalue weighted by Gasteiger charge is -2.09. The third kappa shape index (κ3) is 2.87. The maximum Gasteiger partial charge on any atom is 0.253 e. The molecule has 0 fully saturated rings. The van der Waals surface area contributed by atoms with Crippen molar-refractivity contribution in [2.24, 2.45) is 0 Å². The van der Waals surface area contributed by atoms with Crippen molar-refractivity contribution < 1.29 is 9.59 Å². The Balaban J connectivity index is 1.58. The van der Waals surface area contributed by atoms with Gasteiger partial charge in [0.25, 0.3) is 11.5 Å². The molecule has 0 atom stereocenters. The lowest BCUT2D eigenvalue weighted by Crippen LogP contribution is -2.28. The number of H-pyrrole nitrogens is 1. The highest BCUT2D eigenvalue weighted by molar-refractivity contribution is 6.22. The summed E-state index contributed by atoms with van der Waals surface area (Å²) in [7, 11) is 0. The van der Waals surface area contributed by atoms with E-state index >= 15 is 0 Å². The average molecular weight is 358 g/mol. The first-order chi connectivity index (χ1) is 13.0. The van der Waals surface area contributed by atoms with E-state index in [1.807, 2.05) is 38.1 Å². The standard InChI is InChI=1S/C22H18N2O3/c1-12-9-13(2)24-22(27)19(12)11-23-21(26)14-7-8-16-15-5-3-4-6-17(15)20(25)18(16)10-14/h3-10H,11H2,1-2H3,(H,23,26)(H,24,27). The SMILES string of the molecule is Cc1cc(C)c(CNC(=O)c2ccc3c(c2)C(=O)c2ccccc2-3)c(=O)[nH]1. The average Bonchev–Trinajstić information content (AvgIpc) is 2.93. The molecule has 1 aliphatic rings. The molecule has 0 radical (unpaired) electrons. The normalized spacial score (nSPS) is 11.9. The zero-order valence-electron chi connectivity index (χ0n) is 15.1. The molecule has 2 aromatic carbocycles. The van der Waals surface area contributed by atoms with Crippen molar-refractivity contribution in [3.8, 4) is 11.1 Å². The van der Waals surface area contributed by atoms with Crippen LogP contribution in [0.25, 0.3) is 11.1 Å². The predicted octanol–water partition coefficient (Wildman–Crippen LogP) is 3.13. The predicted molar refractivity (Wildman–Crippen MR) is 103 cm³/mol. The fourth-order valence-electron chi connectivity index (χ4n) is 3.54. The monoisotopic (exact) mass is 358 g/mol. The van der Waals surface area contributed by atoms with Crippen LogP contribution >= 0.6 is 0 Å². The van der Waals surface area contributed by atoms with E-state index < -0.39 is 0 Å². The van der Waals surface area contributed by atoms with E-state index in [-0.39, 0.29) is 23.8 Å². The van der Waals surface area contributed by atoms with E-state index in [4.69, 9.17) is 0 Å². The first kappa shape index (κ1) is 17.0. The van der Waals surface area contributed by atoms with Gasteiger partial charge in [-0.15, -0.1) is 0 Å². The van der Waals surface area contributed by atoms with Gasteiger partial charge in [-0.3, -0.25) is 14.4 Å². The van der Waals surface area contributed by atoms with E-state index in [0.717, 1.165) is 22.4 Å². The summed E-state index contributed by atoms with van der Waals surface area (Å²) in [6.45, 7) is 3.79. The Labute approximate surface area is 156 Å². The van der Waals surface area contributed by atoms with Crippen LogP contribution in [0.1, 0.15) is 43.1 Å². The van der Waals surface area contributed by atoms with Crippen LogP contribution in [0.3, 0.4) is 0 Å². The first-order valence-electron chi connectivity index (χ1n) is 8.71. The van der Waals surface area contributed by atoms with E-state index in [0.29, 0.717) is 22.3 Å². The van der Waals surface area contributed by atoms with Crippen molar-refractivity contribution in [1.82, 2.24) is 10.3 Å². The molecule has 0 saturated carbocycles. The second kappa shape index (κ2) is 6.36. The van der Waals surface area contributed by atoms with Crippen molar-refractivity contribution in [3.63, 3.8) is 0 Å². The highest BCUT2D eigenvalue weighted by Crippen LogP contribution is 2.36. The van der Waals surface area contributed by atoms with E-state index in [2.05, 4.69) is 10.3 Å². The minimum absolute atomic E-state index is 0.0685. The van der Waals surface area contributed by atoms with Crippen LogP contribution in [0.15, 0.2) is 53.3 Å². The summed E-state index contributed by atoms with van der Waals surface area (Å²) in [5.74, 6) is -0.387. The van der Waals surface area contributed by atoms with Crippen molar-refractivity contribution in [3.05, 3.63) is 92.4 Å². The third-order valence-corrected chi connectivity index (χ3v) is 4.91. The molecule has 1 aliphatic carbocycles. The van der Waals surface area contributed by atoms with Crippen LogP contribution in [-0.2, 0) is 6.54 Å². The van der Waals surface area contributed by atoms with Crippen LogP contribution in [0.5, 0.6) is 0 Å². The highest BCUT2D eigenvalue weighted by Gasteiger charge is 2.27. The summed E-state index contributed by atoms with van der Waals surface area (Å²) in [6, 6.07) is 14.4. The Morgan fingerprint density at radius 1 is 0.926 bits per heavy atom. The summed E-state index contributed by atoms with van der Waals surface area (Å²) in [5, 5.41) is 2.77. The van der Waals surface area contributed by atoms with Crippen LogP contribution in [0.2, 0.25) is 0 Å². The minimum atomic E-state index is -0.319. The largest absolute Gasteiger partial charge is 0.348 e. The molecular weight excluding hydrogens is 340 g/mol. The van der Waals surface area contributed by atoms with E-state index in [9.17, 15) is 14.4 Å². The molecule has 0 aliphatic heterocycles. The molecule has 5 heteroatoms. The van der Waals surface area contributed by atoms with Gasteiger partial charge in [-0.05, 0) is 48.7 Å². The number of amides is 1. The zero-order valence-corrected chi connectivity index (χ0v) is 15.1. The molecule has 2 N–H and O–H groups in total. The molecule has 0 bridgehead atoms. The number of nitrogens with one attached hydrogen (secondary N) is 2. The fraction of sp³-hybridized carbons (Fsp3) is 0.136. The topological polar surface area (TPSA) is 79.0 Å². The lowest BCUT2D eigenvalue weighted by molar-refractivity contribution is 0.0950. The second-order valence-electron chi connectivity index (χ2n) is 6.76. The van der Waals surface area contributed by atoms with Gasteiger partial charge in [-0.1, -0.05) is 30.3 Å². The number of hydrogen-bond acceptors (Lipinski definition) is 3. The van der Waals surface area contributed by atoms with Gasteiger partial charge in [-0.25, -0.2) is 0 Å². The minimum Gasteiger partial charge on any atom is -0.348 e. The molecule has 0 saturated heterocycles. The summed E-state index contributed by atoms with van der Waals surface area (Å²) in [4.78, 5) is 40.0. The molecular formula is C22H18N2O3. The lowest BCUT2D eigenvalue weighted by atomic mass is 10.0. The quantitative estimate of drug-likeness (QED) is 0.590. The third-order valence-electron chi connectivity index (χ3n) is 4.91. The van der Waals surface area contributed by atoms with Crippen LogP contribution < -0.4 is 10.9 Å². The van der Waals surface area contributed by atoms with Crippen molar-refractivity contribution >= 4 is 11.7 Å². The Bertz CT molecular complexity index is 1160. The van der Waals surface area contributed by atoms with Crippen molar-refractivity contribution in [2.75, 3.05) is 0 Å². The Morgan fingerprint density at radius 2 is 1.63 bits per heavy atom. The first-order valence-corrected chi connectivity index (χ1v) is 8.71. The number of aromatic amines is 1. The van der Waals surface area contributed by atoms with Gasteiger partial charge < -0.3 is 10.3 Å². The van der Waals surface area contributed by atoms with Gasteiger partial charge in [0.2, 0.25) is 0 Å². The number of rotatable bonds is 3. The van der Waals surface area contributed by atoms with Crippen LogP contribution in [0, 0.1) is 13.8 Å². The summed E-state index contributed by atoms with van der Waals surface area (Å²) < 4.78 is 0. The number of hydrogen-bond donors (Lipinski definition) is 2. The molecule has 1 aromatic heterocycles. The number of ketones is 1. The molecule has 5 nitrogen and oxygen atoms in total. The number of benzene rings is 2. The molecule has 1 amide bonds. The molecule has 0 spiro atoms. The van der Waals surface area contributed by atoms with Gasteiger partial charge in [0.15, 0.2) is 5.78 Å². The Hall–Kier alpha value is -3.47. The van der Waals surface area contributed by atoms with Crippen molar-refractivity contribution in [1.29, 1.82) is 0 Å². The second-order valence-corrected chi connectivity index (χ2v) is 6.76. The molecule has 134 valence electrons. The van der Waals surface area contributed by atoms with E-state index in [1.165, 1.54) is 0 Å². The summed E-state index contributed by atoms with van der Waals surface area (Å²) in [5.41, 5.74) is 5.27. The number of aryl methyl sites for hydroxylation is 2. The fourth-order valence-corrected chi connectivity index (χ4v) is 3.54. The van der Waals surface area contributed by atoms with E-state index in [1.54, 1.807) is 24.3 Å². The summed E-state index contributed by atoms with van der Waals surface area (Å²) >= 11 is 0. The van der Waals surface area contributed by atoms with Crippen LogP contribution in [0.4, 0.5) is 0 Å². The number of pyridine rings is 1. The molecule has 0 unspecified atom stereocenters. The van der Waals surface area contributed by atoms with Gasteiger partial charge in [-0.2, -0.15) is 0 Å². The molecule has 3 aromatic rings. The van der Waals surface area contributed by atoms with Crippen molar-refractivity contribution in [2.45, 2.75) is 20.4 Å². The Kier molecular flexibility index (Phi) is 4.00. The highest BCUT2D eigenvalue weighted by atomic mass is 16.2.